The van der Waals surface area contributed by atoms with E-state index in [0.29, 0.717) is 5.41 Å². The van der Waals surface area contributed by atoms with Gasteiger partial charge in [0.25, 0.3) is 0 Å². The molecule has 0 aliphatic carbocycles. The first kappa shape index (κ1) is 52.5. The van der Waals surface area contributed by atoms with Crippen molar-refractivity contribution >= 4 is 68.9 Å². The largest absolute Gasteiger partial charge is 0.264 e. The minimum absolute atomic E-state index is 0. The van der Waals surface area contributed by atoms with E-state index in [0.717, 1.165) is 17.4 Å². The third kappa shape index (κ3) is 22.1. The standard InChI is InChI=1S/C8H12S.C7H12N2.3C7H11NS.C6H10N2S.CH4/c1-8(2,3)7-5-4-6-9-7;1-7(2,3)6-8-4-5-9-6;1-7(2,3)6-4-9-5-8-6;2*1-7(2,3)6-8-4-5-9-6;1-6(2,3)5-7-4-8-9-5;/h4-6H,1-3H3;4H,5H2,1-3H3;3*4-5H,1-3H3;4H,1-3H3;1H4. The van der Waals surface area contributed by atoms with Crippen LogP contribution in [-0.2, 0) is 27.1 Å². The van der Waals surface area contributed by atoms with Crippen LogP contribution in [0, 0.1) is 5.41 Å². The van der Waals surface area contributed by atoms with Crippen molar-refractivity contribution in [3.8, 4) is 0 Å². The van der Waals surface area contributed by atoms with Gasteiger partial charge in [-0.15, -0.1) is 45.3 Å². The molecule has 0 saturated carbocycles. The fraction of sp³-hybridized carbons (Fsp3) is 0.605. The summed E-state index contributed by atoms with van der Waals surface area (Å²) < 4.78 is 3.92. The van der Waals surface area contributed by atoms with Crippen molar-refractivity contribution in [2.75, 3.05) is 6.54 Å². The first-order valence-electron chi connectivity index (χ1n) is 18.2. The van der Waals surface area contributed by atoms with Crippen LogP contribution in [0.1, 0.15) is 158 Å². The SMILES string of the molecule is C.CC(C)(C)C1=NCC=N1.CC(C)(C)c1cccs1.CC(C)(C)c1cscn1.CC(C)(C)c1nccs1.CC(C)(C)c1nccs1.CC(C)(C)c1ncns1. The molecule has 5 aromatic rings. The zero-order valence-corrected chi connectivity index (χ0v) is 40.3. The Hall–Kier alpha value is -2.51. The van der Waals surface area contributed by atoms with Gasteiger partial charge in [-0.25, -0.2) is 24.9 Å². The molecule has 308 valence electrons. The van der Waals surface area contributed by atoms with Crippen molar-refractivity contribution in [3.63, 3.8) is 0 Å². The maximum Gasteiger partial charge on any atom is 0.129 e. The molecule has 0 spiro atoms. The van der Waals surface area contributed by atoms with Gasteiger partial charge in [0.2, 0.25) is 0 Å². The fourth-order valence-corrected chi connectivity index (χ4v) is 7.31. The van der Waals surface area contributed by atoms with Crippen molar-refractivity contribution in [3.05, 3.63) is 83.5 Å². The van der Waals surface area contributed by atoms with Gasteiger partial charge in [-0.2, -0.15) is 4.37 Å². The third-order valence-electron chi connectivity index (χ3n) is 6.82. The van der Waals surface area contributed by atoms with Gasteiger partial charge in [0.1, 0.15) is 17.2 Å². The number of nitrogens with zero attached hydrogens (tertiary/aromatic N) is 7. The highest BCUT2D eigenvalue weighted by Gasteiger charge is 2.20. The highest BCUT2D eigenvalue weighted by atomic mass is 32.1. The van der Waals surface area contributed by atoms with E-state index < -0.39 is 0 Å². The number of thiophene rings is 1. The minimum Gasteiger partial charge on any atom is -0.264 e. The summed E-state index contributed by atoms with van der Waals surface area (Å²) in [6, 6.07) is 4.29. The second-order valence-corrected chi connectivity index (χ2v) is 23.0. The van der Waals surface area contributed by atoms with Crippen molar-refractivity contribution in [2.45, 2.75) is 159 Å². The van der Waals surface area contributed by atoms with E-state index >= 15 is 0 Å². The number of amidine groups is 1. The zero-order chi connectivity index (χ0) is 41.4. The average Bonchev–Trinajstić information content (AvgIpc) is 3.89. The summed E-state index contributed by atoms with van der Waals surface area (Å²) in [6.45, 7) is 39.8. The van der Waals surface area contributed by atoms with Crippen molar-refractivity contribution in [1.29, 1.82) is 0 Å². The van der Waals surface area contributed by atoms with Gasteiger partial charge in [0.15, 0.2) is 0 Å². The lowest BCUT2D eigenvalue weighted by atomic mass is 9.93. The molecule has 0 fully saturated rings. The molecule has 1 aliphatic heterocycles. The molecule has 0 unspecified atom stereocenters. The lowest BCUT2D eigenvalue weighted by Gasteiger charge is -2.14. The van der Waals surface area contributed by atoms with Crippen molar-refractivity contribution < 1.29 is 0 Å². The topological polar surface area (TPSA) is 89.2 Å². The Labute approximate surface area is 355 Å². The Morgan fingerprint density at radius 3 is 1.25 bits per heavy atom. The molecule has 6 rings (SSSR count). The van der Waals surface area contributed by atoms with Crippen LogP contribution in [0.15, 0.2) is 67.9 Å². The van der Waals surface area contributed by atoms with E-state index in [2.05, 4.69) is 182 Å². The predicted octanol–water partition coefficient (Wildman–Crippen LogP) is 14.4. The molecular formula is C43H71N7S5. The molecule has 0 N–H and O–H groups in total. The summed E-state index contributed by atoms with van der Waals surface area (Å²) in [5.74, 6) is 0.975. The number of rotatable bonds is 0. The molecule has 6 heterocycles. The fourth-order valence-electron chi connectivity index (χ4n) is 3.71. The van der Waals surface area contributed by atoms with Gasteiger partial charge in [-0.1, -0.05) is 138 Å². The quantitative estimate of drug-likeness (QED) is 0.155. The van der Waals surface area contributed by atoms with E-state index in [4.69, 9.17) is 0 Å². The molecule has 1 aliphatic rings. The van der Waals surface area contributed by atoms with Gasteiger partial charge in [-0.05, 0) is 28.4 Å². The summed E-state index contributed by atoms with van der Waals surface area (Å²) in [5, 5.41) is 11.8. The van der Waals surface area contributed by atoms with E-state index in [9.17, 15) is 0 Å². The molecule has 0 amide bonds. The summed E-state index contributed by atoms with van der Waals surface area (Å²) in [5.41, 5.74) is 4.39. The Morgan fingerprint density at radius 1 is 0.545 bits per heavy atom. The van der Waals surface area contributed by atoms with Crippen LogP contribution in [0.2, 0.25) is 0 Å². The van der Waals surface area contributed by atoms with Crippen LogP contribution in [0.4, 0.5) is 0 Å². The lowest BCUT2D eigenvalue weighted by molar-refractivity contribution is 0.573. The first-order chi connectivity index (χ1) is 24.6. The molecule has 5 aromatic heterocycles. The average molecular weight is 846 g/mol. The molecule has 0 atom stereocenters. The smallest absolute Gasteiger partial charge is 0.129 e. The molecule has 12 heteroatoms. The summed E-state index contributed by atoms with van der Waals surface area (Å²) in [7, 11) is 0. The molecular weight excluding hydrogens is 775 g/mol. The van der Waals surface area contributed by atoms with Crippen LogP contribution in [0.5, 0.6) is 0 Å². The Morgan fingerprint density at radius 2 is 1.07 bits per heavy atom. The monoisotopic (exact) mass is 845 g/mol. The molecule has 0 aromatic carbocycles. The number of aromatic nitrogens is 5. The number of aliphatic imine (C=N–C) groups is 2. The lowest BCUT2D eigenvalue weighted by Crippen LogP contribution is -2.16. The molecule has 7 nitrogen and oxygen atoms in total. The van der Waals surface area contributed by atoms with Crippen LogP contribution < -0.4 is 0 Å². The minimum atomic E-state index is 0. The predicted molar refractivity (Wildman–Crippen MR) is 251 cm³/mol. The first-order valence-corrected chi connectivity index (χ1v) is 22.6. The van der Waals surface area contributed by atoms with Gasteiger partial charge in [0, 0.05) is 66.7 Å². The normalized spacial score (nSPS) is 12.7. The highest BCUT2D eigenvalue weighted by molar-refractivity contribution is 7.10. The van der Waals surface area contributed by atoms with E-state index in [-0.39, 0.29) is 34.5 Å². The van der Waals surface area contributed by atoms with Gasteiger partial charge in [0.05, 0.1) is 27.8 Å². The number of hydrogen-bond donors (Lipinski definition) is 0. The van der Waals surface area contributed by atoms with E-state index in [1.807, 2.05) is 46.2 Å². The number of thiazole rings is 3. The Bertz CT molecular complexity index is 1440. The van der Waals surface area contributed by atoms with E-state index in [1.165, 1.54) is 32.1 Å². The number of hydrogen-bond acceptors (Lipinski definition) is 12. The van der Waals surface area contributed by atoms with Crippen molar-refractivity contribution in [2.24, 2.45) is 15.4 Å². The highest BCUT2D eigenvalue weighted by Crippen LogP contribution is 2.27. The molecule has 55 heavy (non-hydrogen) atoms. The summed E-state index contributed by atoms with van der Waals surface area (Å²) >= 11 is 8.39. The Kier molecular flexibility index (Phi) is 22.0. The molecule has 0 saturated heterocycles. The second-order valence-electron chi connectivity index (χ2n) is 18.7. The zero-order valence-electron chi connectivity index (χ0n) is 36.2. The third-order valence-corrected chi connectivity index (χ3v) is 12.2. The van der Waals surface area contributed by atoms with Gasteiger partial charge >= 0.3 is 0 Å². The van der Waals surface area contributed by atoms with E-state index in [1.54, 1.807) is 40.3 Å². The van der Waals surface area contributed by atoms with Crippen LogP contribution >= 0.6 is 56.9 Å². The van der Waals surface area contributed by atoms with Gasteiger partial charge < -0.3 is 0 Å². The second kappa shape index (κ2) is 23.0. The maximum atomic E-state index is 4.21. The summed E-state index contributed by atoms with van der Waals surface area (Å²) in [4.78, 5) is 26.5. The van der Waals surface area contributed by atoms with Crippen LogP contribution in [0.3, 0.4) is 0 Å². The summed E-state index contributed by atoms with van der Waals surface area (Å²) in [6.07, 6.45) is 7.16. The maximum absolute atomic E-state index is 4.21. The molecule has 0 bridgehead atoms. The van der Waals surface area contributed by atoms with Crippen LogP contribution in [0.25, 0.3) is 0 Å². The van der Waals surface area contributed by atoms with Crippen LogP contribution in [-0.4, -0.2) is 42.9 Å². The molecule has 0 radical (unpaired) electrons. The van der Waals surface area contributed by atoms with Crippen molar-refractivity contribution in [1.82, 2.24) is 24.3 Å². The van der Waals surface area contributed by atoms with Gasteiger partial charge in [-0.3, -0.25) is 4.99 Å². The Balaban J connectivity index is 0.000000634.